The van der Waals surface area contributed by atoms with Crippen molar-refractivity contribution in [2.24, 2.45) is 0 Å². The van der Waals surface area contributed by atoms with Gasteiger partial charge in [-0.25, -0.2) is 0 Å². The first-order chi connectivity index (χ1) is 7.66. The second-order valence-electron chi connectivity index (χ2n) is 3.89. The highest BCUT2D eigenvalue weighted by Gasteiger charge is 2.02. The fourth-order valence-electron chi connectivity index (χ4n) is 1.48. The number of nitrogen functional groups attached to an aromatic ring is 1. The Kier molecular flexibility index (Phi) is 3.20. The lowest BCUT2D eigenvalue weighted by atomic mass is 10.1. The molecule has 0 unspecified atom stereocenters. The van der Waals surface area contributed by atoms with E-state index in [9.17, 15) is 0 Å². The Balaban J connectivity index is 2.28. The number of anilines is 1. The van der Waals surface area contributed by atoms with Gasteiger partial charge in [0.25, 0.3) is 0 Å². The zero-order chi connectivity index (χ0) is 11.5. The fourth-order valence-corrected chi connectivity index (χ4v) is 2.44. The van der Waals surface area contributed by atoms with Crippen LogP contribution < -0.4 is 5.73 Å². The van der Waals surface area contributed by atoms with Gasteiger partial charge >= 0.3 is 0 Å². The predicted molar refractivity (Wildman–Crippen MR) is 70.9 cm³/mol. The van der Waals surface area contributed by atoms with Crippen molar-refractivity contribution in [1.29, 1.82) is 0 Å². The number of rotatable bonds is 2. The van der Waals surface area contributed by atoms with Crippen molar-refractivity contribution in [3.63, 3.8) is 0 Å². The molecule has 0 saturated heterocycles. The molecule has 2 heteroatoms. The molecule has 0 spiro atoms. The van der Waals surface area contributed by atoms with E-state index in [0.717, 1.165) is 10.6 Å². The third kappa shape index (κ3) is 2.39. The van der Waals surface area contributed by atoms with Gasteiger partial charge in [-0.15, -0.1) is 0 Å². The van der Waals surface area contributed by atoms with Gasteiger partial charge in [-0.05, 0) is 49.2 Å². The van der Waals surface area contributed by atoms with Gasteiger partial charge < -0.3 is 5.73 Å². The van der Waals surface area contributed by atoms with Crippen LogP contribution in [0.1, 0.15) is 11.1 Å². The van der Waals surface area contributed by atoms with E-state index in [1.54, 1.807) is 11.8 Å². The van der Waals surface area contributed by atoms with Crippen LogP contribution in [0.4, 0.5) is 5.69 Å². The summed E-state index contributed by atoms with van der Waals surface area (Å²) in [6, 6.07) is 14.4. The van der Waals surface area contributed by atoms with Crippen molar-refractivity contribution in [2.75, 3.05) is 5.73 Å². The molecule has 0 aromatic heterocycles. The number of para-hydroxylation sites is 1. The summed E-state index contributed by atoms with van der Waals surface area (Å²) in [4.78, 5) is 2.35. The lowest BCUT2D eigenvalue weighted by Crippen LogP contribution is -1.87. The number of benzene rings is 2. The van der Waals surface area contributed by atoms with Crippen LogP contribution in [0.2, 0.25) is 0 Å². The Labute approximate surface area is 101 Å². The maximum Gasteiger partial charge on any atom is 0.0455 e. The minimum absolute atomic E-state index is 0.839. The monoisotopic (exact) mass is 229 g/mol. The Bertz CT molecular complexity index is 506. The number of hydrogen-bond donors (Lipinski definition) is 1. The minimum Gasteiger partial charge on any atom is -0.398 e. The van der Waals surface area contributed by atoms with Crippen molar-refractivity contribution in [3.8, 4) is 0 Å². The summed E-state index contributed by atoms with van der Waals surface area (Å²) < 4.78 is 0. The molecule has 0 radical (unpaired) electrons. The molecule has 2 N–H and O–H groups in total. The van der Waals surface area contributed by atoms with E-state index in [4.69, 9.17) is 5.73 Å². The van der Waals surface area contributed by atoms with Crippen LogP contribution in [-0.4, -0.2) is 0 Å². The standard InChI is InChI=1S/C14H15NS/c1-10-7-8-12(9-11(10)2)16-14-6-4-3-5-13(14)15/h3-9H,15H2,1-2H3. The normalized spacial score (nSPS) is 10.4. The molecule has 1 nitrogen and oxygen atoms in total. The van der Waals surface area contributed by atoms with Crippen LogP contribution in [0, 0.1) is 13.8 Å². The van der Waals surface area contributed by atoms with E-state index in [0.29, 0.717) is 0 Å². The predicted octanol–water partition coefficient (Wildman–Crippen LogP) is 4.04. The number of nitrogens with two attached hydrogens (primary N) is 1. The van der Waals surface area contributed by atoms with Gasteiger partial charge in [0.1, 0.15) is 0 Å². The van der Waals surface area contributed by atoms with Gasteiger partial charge in [-0.3, -0.25) is 0 Å². The van der Waals surface area contributed by atoms with Crippen LogP contribution in [0.25, 0.3) is 0 Å². The number of aryl methyl sites for hydroxylation is 2. The molecule has 0 bridgehead atoms. The van der Waals surface area contributed by atoms with Crippen molar-refractivity contribution in [2.45, 2.75) is 23.6 Å². The second-order valence-corrected chi connectivity index (χ2v) is 5.00. The highest BCUT2D eigenvalue weighted by atomic mass is 32.2. The molecule has 0 atom stereocenters. The highest BCUT2D eigenvalue weighted by molar-refractivity contribution is 7.99. The quantitative estimate of drug-likeness (QED) is 0.787. The van der Waals surface area contributed by atoms with Gasteiger partial charge in [-0.2, -0.15) is 0 Å². The molecule has 0 heterocycles. The Morgan fingerprint density at radius 1 is 0.938 bits per heavy atom. The summed E-state index contributed by atoms with van der Waals surface area (Å²) in [5, 5.41) is 0. The van der Waals surface area contributed by atoms with E-state index in [1.165, 1.54) is 16.0 Å². The molecule has 16 heavy (non-hydrogen) atoms. The zero-order valence-corrected chi connectivity index (χ0v) is 10.3. The molecular weight excluding hydrogens is 214 g/mol. The lowest BCUT2D eigenvalue weighted by Gasteiger charge is -2.07. The van der Waals surface area contributed by atoms with Crippen molar-refractivity contribution in [1.82, 2.24) is 0 Å². The molecule has 0 amide bonds. The molecule has 2 rings (SSSR count). The lowest BCUT2D eigenvalue weighted by molar-refractivity contribution is 1.27. The second kappa shape index (κ2) is 4.62. The Morgan fingerprint density at radius 2 is 1.69 bits per heavy atom. The molecule has 0 saturated carbocycles. The molecule has 2 aromatic carbocycles. The molecule has 0 aliphatic carbocycles. The molecule has 0 fully saturated rings. The van der Waals surface area contributed by atoms with Crippen molar-refractivity contribution in [3.05, 3.63) is 53.6 Å². The van der Waals surface area contributed by atoms with Gasteiger partial charge in [0.05, 0.1) is 0 Å². The first-order valence-corrected chi connectivity index (χ1v) is 6.08. The first kappa shape index (κ1) is 11.1. The molecule has 0 aliphatic heterocycles. The van der Waals surface area contributed by atoms with E-state index in [2.05, 4.69) is 38.1 Å². The van der Waals surface area contributed by atoms with Crippen molar-refractivity contribution < 1.29 is 0 Å². The van der Waals surface area contributed by atoms with Gasteiger partial charge in [0.2, 0.25) is 0 Å². The minimum atomic E-state index is 0.839. The van der Waals surface area contributed by atoms with Gasteiger partial charge in [-0.1, -0.05) is 30.0 Å². The zero-order valence-electron chi connectivity index (χ0n) is 9.53. The molecule has 82 valence electrons. The van der Waals surface area contributed by atoms with Crippen LogP contribution in [0.3, 0.4) is 0 Å². The third-order valence-electron chi connectivity index (χ3n) is 2.63. The van der Waals surface area contributed by atoms with Crippen LogP contribution in [0.5, 0.6) is 0 Å². The van der Waals surface area contributed by atoms with Gasteiger partial charge in [0, 0.05) is 15.5 Å². The van der Waals surface area contributed by atoms with Crippen LogP contribution >= 0.6 is 11.8 Å². The summed E-state index contributed by atoms with van der Waals surface area (Å²) in [5.74, 6) is 0. The van der Waals surface area contributed by atoms with Crippen LogP contribution in [-0.2, 0) is 0 Å². The molecule has 0 aliphatic rings. The highest BCUT2D eigenvalue weighted by Crippen LogP contribution is 2.32. The smallest absolute Gasteiger partial charge is 0.0455 e. The third-order valence-corrected chi connectivity index (χ3v) is 3.71. The molecule has 2 aromatic rings. The first-order valence-electron chi connectivity index (χ1n) is 5.26. The van der Waals surface area contributed by atoms with E-state index in [1.807, 2.05) is 18.2 Å². The topological polar surface area (TPSA) is 26.0 Å². The summed E-state index contributed by atoms with van der Waals surface area (Å²) >= 11 is 1.71. The summed E-state index contributed by atoms with van der Waals surface area (Å²) in [5.41, 5.74) is 9.40. The Morgan fingerprint density at radius 3 is 2.38 bits per heavy atom. The number of hydrogen-bond acceptors (Lipinski definition) is 2. The van der Waals surface area contributed by atoms with Crippen molar-refractivity contribution >= 4 is 17.4 Å². The van der Waals surface area contributed by atoms with Gasteiger partial charge in [0.15, 0.2) is 0 Å². The largest absolute Gasteiger partial charge is 0.398 e. The fraction of sp³-hybridized carbons (Fsp3) is 0.143. The summed E-state index contributed by atoms with van der Waals surface area (Å²) in [7, 11) is 0. The average Bonchev–Trinajstić information content (AvgIpc) is 2.27. The summed E-state index contributed by atoms with van der Waals surface area (Å²) in [6.45, 7) is 4.26. The van der Waals surface area contributed by atoms with E-state index in [-0.39, 0.29) is 0 Å². The maximum atomic E-state index is 5.92. The average molecular weight is 229 g/mol. The molecular formula is C14H15NS. The van der Waals surface area contributed by atoms with E-state index >= 15 is 0 Å². The van der Waals surface area contributed by atoms with E-state index < -0.39 is 0 Å². The Hall–Kier alpha value is -1.41. The summed E-state index contributed by atoms with van der Waals surface area (Å²) in [6.07, 6.45) is 0. The van der Waals surface area contributed by atoms with Crippen LogP contribution in [0.15, 0.2) is 52.3 Å². The SMILES string of the molecule is Cc1ccc(Sc2ccccc2N)cc1C. The maximum absolute atomic E-state index is 5.92.